The van der Waals surface area contributed by atoms with Gasteiger partial charge in [-0.3, -0.25) is 4.90 Å². The number of nitrogens with zero attached hydrogens (tertiary/aromatic N) is 1. The Hall–Kier alpha value is -1.81. The van der Waals surface area contributed by atoms with Crippen LogP contribution in [-0.2, 0) is 6.54 Å². The van der Waals surface area contributed by atoms with Gasteiger partial charge in [-0.05, 0) is 55.4 Å². The summed E-state index contributed by atoms with van der Waals surface area (Å²) >= 11 is 0. The number of ether oxygens (including phenoxy) is 1. The van der Waals surface area contributed by atoms with Crippen molar-refractivity contribution in [1.29, 1.82) is 0 Å². The summed E-state index contributed by atoms with van der Waals surface area (Å²) in [5.41, 5.74) is 4.56. The molecule has 23 heavy (non-hydrogen) atoms. The third kappa shape index (κ3) is 2.65. The number of H-pyrrole nitrogens is 1. The maximum Gasteiger partial charge on any atom is 0.124 e. The van der Waals surface area contributed by atoms with E-state index in [2.05, 4.69) is 28.9 Å². The second kappa shape index (κ2) is 5.68. The predicted octanol–water partition coefficient (Wildman–Crippen LogP) is 4.32. The van der Waals surface area contributed by atoms with Gasteiger partial charge in [-0.1, -0.05) is 0 Å². The highest BCUT2D eigenvalue weighted by molar-refractivity contribution is 5.88. The normalized spacial score (nSPS) is 19.6. The van der Waals surface area contributed by atoms with Crippen LogP contribution in [0.4, 0.5) is 4.39 Å². The Morgan fingerprint density at radius 3 is 2.91 bits per heavy atom. The lowest BCUT2D eigenvalue weighted by molar-refractivity contribution is 0.247. The molecule has 0 spiro atoms. The summed E-state index contributed by atoms with van der Waals surface area (Å²) in [5.74, 6) is 1.55. The fourth-order valence-corrected chi connectivity index (χ4v) is 3.79. The number of halogens is 1. The predicted molar refractivity (Wildman–Crippen MR) is 90.3 cm³/mol. The number of aromatic amines is 1. The van der Waals surface area contributed by atoms with Crippen LogP contribution in [0.1, 0.15) is 30.4 Å². The van der Waals surface area contributed by atoms with E-state index in [1.54, 1.807) is 7.11 Å². The smallest absolute Gasteiger partial charge is 0.124 e. The molecule has 0 unspecified atom stereocenters. The maximum atomic E-state index is 14.4. The molecule has 0 bridgehead atoms. The van der Waals surface area contributed by atoms with E-state index in [0.717, 1.165) is 41.9 Å². The minimum atomic E-state index is 0.107. The topological polar surface area (TPSA) is 28.3 Å². The Kier molecular flexibility index (Phi) is 3.64. The zero-order valence-electron chi connectivity index (χ0n) is 13.8. The van der Waals surface area contributed by atoms with Crippen molar-refractivity contribution in [3.8, 4) is 5.75 Å². The van der Waals surface area contributed by atoms with Crippen LogP contribution in [0.3, 0.4) is 0 Å². The zero-order valence-corrected chi connectivity index (χ0v) is 13.8. The summed E-state index contributed by atoms with van der Waals surface area (Å²) in [4.78, 5) is 5.49. The van der Waals surface area contributed by atoms with Crippen LogP contribution >= 0.6 is 0 Å². The van der Waals surface area contributed by atoms with E-state index in [1.807, 2.05) is 6.20 Å². The molecule has 1 aliphatic carbocycles. The minimum absolute atomic E-state index is 0.107. The van der Waals surface area contributed by atoms with Crippen LogP contribution in [0.5, 0.6) is 5.75 Å². The molecule has 3 nitrogen and oxygen atoms in total. The number of aryl methyl sites for hydroxylation is 1. The second-order valence-corrected chi connectivity index (χ2v) is 6.81. The fraction of sp³-hybridized carbons (Fsp3) is 0.474. The molecule has 1 fully saturated rings. The first-order valence-electron chi connectivity index (χ1n) is 8.40. The number of rotatable bonds is 4. The summed E-state index contributed by atoms with van der Waals surface area (Å²) < 4.78 is 20.0. The minimum Gasteiger partial charge on any atom is -0.496 e. The fourth-order valence-electron chi connectivity index (χ4n) is 3.79. The molecule has 1 saturated carbocycles. The molecule has 4 rings (SSSR count). The highest BCUT2D eigenvalue weighted by Gasteiger charge is 2.32. The van der Waals surface area contributed by atoms with Gasteiger partial charge in [-0.25, -0.2) is 4.39 Å². The first-order valence-corrected chi connectivity index (χ1v) is 8.40. The Morgan fingerprint density at radius 2 is 2.22 bits per heavy atom. The van der Waals surface area contributed by atoms with Crippen LogP contribution in [0.15, 0.2) is 29.7 Å². The number of hydrogen-bond acceptors (Lipinski definition) is 2. The van der Waals surface area contributed by atoms with E-state index < -0.39 is 0 Å². The van der Waals surface area contributed by atoms with Crippen molar-refractivity contribution in [2.75, 3.05) is 20.2 Å². The molecule has 0 atom stereocenters. The van der Waals surface area contributed by atoms with E-state index >= 15 is 0 Å². The molecule has 2 aliphatic rings. The average Bonchev–Trinajstić information content (AvgIpc) is 3.25. The van der Waals surface area contributed by atoms with Crippen molar-refractivity contribution in [2.24, 2.45) is 5.92 Å². The lowest BCUT2D eigenvalue weighted by Crippen LogP contribution is -2.31. The molecule has 122 valence electrons. The van der Waals surface area contributed by atoms with Crippen molar-refractivity contribution in [2.45, 2.75) is 32.7 Å². The van der Waals surface area contributed by atoms with Gasteiger partial charge in [0, 0.05) is 35.8 Å². The number of benzene rings is 1. The van der Waals surface area contributed by atoms with E-state index in [9.17, 15) is 4.39 Å². The van der Waals surface area contributed by atoms with Gasteiger partial charge in [-0.15, -0.1) is 0 Å². The van der Waals surface area contributed by atoms with Crippen LogP contribution in [0.25, 0.3) is 10.9 Å². The van der Waals surface area contributed by atoms with Gasteiger partial charge in [-0.2, -0.15) is 0 Å². The molecule has 0 saturated heterocycles. The Labute approximate surface area is 136 Å². The summed E-state index contributed by atoms with van der Waals surface area (Å²) in [6.07, 6.45) is 5.19. The molecule has 1 aromatic carbocycles. The van der Waals surface area contributed by atoms with E-state index in [0.29, 0.717) is 12.5 Å². The lowest BCUT2D eigenvalue weighted by Gasteiger charge is -2.28. The summed E-state index contributed by atoms with van der Waals surface area (Å²) in [5, 5.41) is 1.18. The van der Waals surface area contributed by atoms with Gasteiger partial charge < -0.3 is 9.72 Å². The number of fused-ring (bicyclic) bond motifs is 1. The first kappa shape index (κ1) is 14.8. The van der Waals surface area contributed by atoms with Gasteiger partial charge >= 0.3 is 0 Å². The molecule has 1 aromatic heterocycles. The summed E-state index contributed by atoms with van der Waals surface area (Å²) in [6.45, 7) is 4.18. The van der Waals surface area contributed by atoms with Gasteiger partial charge in [0.05, 0.1) is 13.7 Å². The highest BCUT2D eigenvalue weighted by Crippen LogP contribution is 2.42. The summed E-state index contributed by atoms with van der Waals surface area (Å²) in [7, 11) is 1.71. The highest BCUT2D eigenvalue weighted by atomic mass is 19.1. The molecule has 1 aliphatic heterocycles. The lowest BCUT2D eigenvalue weighted by atomic mass is 10.0. The Bertz CT molecular complexity index is 773. The Morgan fingerprint density at radius 1 is 1.39 bits per heavy atom. The molecular weight excluding hydrogens is 291 g/mol. The quantitative estimate of drug-likeness (QED) is 0.910. The maximum absolute atomic E-state index is 14.4. The molecule has 2 aromatic rings. The number of aromatic nitrogens is 1. The first-order chi connectivity index (χ1) is 11.2. The molecule has 2 heterocycles. The van der Waals surface area contributed by atoms with E-state index in [-0.39, 0.29) is 5.83 Å². The van der Waals surface area contributed by atoms with Crippen molar-refractivity contribution < 1.29 is 9.13 Å². The average molecular weight is 314 g/mol. The van der Waals surface area contributed by atoms with Gasteiger partial charge in [0.25, 0.3) is 0 Å². The largest absolute Gasteiger partial charge is 0.496 e. The molecule has 1 N–H and O–H groups in total. The number of hydrogen-bond donors (Lipinski definition) is 1. The zero-order chi connectivity index (χ0) is 16.0. The van der Waals surface area contributed by atoms with Crippen LogP contribution < -0.4 is 4.74 Å². The number of methoxy groups -OCH3 is 1. The van der Waals surface area contributed by atoms with E-state index in [1.165, 1.54) is 23.8 Å². The van der Waals surface area contributed by atoms with Crippen LogP contribution in [0, 0.1) is 12.8 Å². The van der Waals surface area contributed by atoms with Crippen molar-refractivity contribution in [3.05, 3.63) is 40.9 Å². The molecular formula is C19H23FN2O. The van der Waals surface area contributed by atoms with Crippen molar-refractivity contribution >= 4 is 10.9 Å². The standard InChI is InChI=1S/C19H23FN2O/c1-12-9-18(23-2)16(15-5-7-21-19(12)15)10-22-8-6-14(13-3-4-13)17(20)11-22/h5,7,9,13,21H,3-4,6,8,10-11H2,1-2H3. The third-order valence-electron chi connectivity index (χ3n) is 5.19. The number of nitrogens with one attached hydrogen (secondary N) is 1. The van der Waals surface area contributed by atoms with Gasteiger partial charge in [0.15, 0.2) is 0 Å². The van der Waals surface area contributed by atoms with Crippen molar-refractivity contribution in [1.82, 2.24) is 9.88 Å². The molecule has 4 heteroatoms. The Balaban J connectivity index is 1.63. The van der Waals surface area contributed by atoms with Gasteiger partial charge in [0.2, 0.25) is 0 Å². The third-order valence-corrected chi connectivity index (χ3v) is 5.19. The SMILES string of the molecule is COc1cc(C)c2[nH]ccc2c1CN1CCC(C2CC2)=C(F)C1. The summed E-state index contributed by atoms with van der Waals surface area (Å²) in [6, 6.07) is 4.16. The molecule has 0 radical (unpaired) electrons. The second-order valence-electron chi connectivity index (χ2n) is 6.81. The molecule has 0 amide bonds. The van der Waals surface area contributed by atoms with Gasteiger partial charge in [0.1, 0.15) is 11.6 Å². The van der Waals surface area contributed by atoms with E-state index in [4.69, 9.17) is 4.74 Å². The monoisotopic (exact) mass is 314 g/mol. The van der Waals surface area contributed by atoms with Crippen LogP contribution in [0.2, 0.25) is 0 Å². The van der Waals surface area contributed by atoms with Crippen LogP contribution in [-0.4, -0.2) is 30.1 Å². The van der Waals surface area contributed by atoms with Crippen molar-refractivity contribution in [3.63, 3.8) is 0 Å².